The smallest absolute Gasteiger partial charge is 0.0192 e. The molecule has 0 aromatic rings. The Morgan fingerprint density at radius 1 is 0.357 bits per heavy atom. The Morgan fingerprint density at radius 3 is 0.786 bits per heavy atom. The molecule has 1 nitrogen and oxygen atoms in total. The third kappa shape index (κ3) is 26.0. The lowest BCUT2D eigenvalue weighted by atomic mass is 10.0. The van der Waals surface area contributed by atoms with E-state index in [-0.39, 0.29) is 0 Å². The molecule has 169 valence electrons. The second-order valence-corrected chi connectivity index (χ2v) is 9.16. The zero-order valence-electron chi connectivity index (χ0n) is 19.8. The van der Waals surface area contributed by atoms with E-state index in [1.54, 1.807) is 6.54 Å². The summed E-state index contributed by atoms with van der Waals surface area (Å²) in [5.74, 6) is 0. The molecule has 0 aromatic carbocycles. The van der Waals surface area contributed by atoms with Gasteiger partial charge < -0.3 is 5.73 Å². The minimum Gasteiger partial charge on any atom is -0.326 e. The second kappa shape index (κ2) is 27.0. The molecule has 0 unspecified atom stereocenters. The maximum atomic E-state index is 5.40. The summed E-state index contributed by atoms with van der Waals surface area (Å²) in [7, 11) is 0. The van der Waals surface area contributed by atoms with Crippen molar-refractivity contribution >= 4 is 0 Å². The van der Waals surface area contributed by atoms with Crippen molar-refractivity contribution in [1.82, 2.24) is 0 Å². The molecule has 2 N–H and O–H groups in total. The Balaban J connectivity index is 2.96. The minimum atomic E-state index is 1.10. The van der Waals surface area contributed by atoms with Crippen LogP contribution in [0.5, 0.6) is 0 Å². The highest BCUT2D eigenvalue weighted by atomic mass is 14.5. The molecule has 0 bridgehead atoms. The van der Waals surface area contributed by atoms with Gasteiger partial charge in [0.2, 0.25) is 0 Å². The number of unbranched alkanes of at least 4 members (excludes halogenated alkanes) is 24. The molecule has 0 heterocycles. The van der Waals surface area contributed by atoms with Crippen molar-refractivity contribution in [2.75, 3.05) is 0 Å². The van der Waals surface area contributed by atoms with Gasteiger partial charge in [-0.15, -0.1) is 0 Å². The monoisotopic (exact) mass is 394 g/mol. The lowest BCUT2D eigenvalue weighted by Crippen LogP contribution is -1.89. The van der Waals surface area contributed by atoms with E-state index < -0.39 is 0 Å². The number of hydrogen-bond donors (Lipinski definition) is 1. The summed E-state index contributed by atoms with van der Waals surface area (Å²) in [5.41, 5.74) is 5.40. The zero-order valence-corrected chi connectivity index (χ0v) is 19.8. The Morgan fingerprint density at radius 2 is 0.571 bits per heavy atom. The largest absolute Gasteiger partial charge is 0.326 e. The van der Waals surface area contributed by atoms with Crippen LogP contribution in [0.4, 0.5) is 0 Å². The lowest BCUT2D eigenvalue weighted by molar-refractivity contribution is 0.517. The predicted molar refractivity (Wildman–Crippen MR) is 130 cm³/mol. The van der Waals surface area contributed by atoms with Crippen LogP contribution in [0.2, 0.25) is 0 Å². The molecule has 0 aromatic heterocycles. The summed E-state index contributed by atoms with van der Waals surface area (Å²) >= 11 is 0. The SMILES string of the molecule is CCCCCCCCCCCCCCCCCCCCCCCCCC[CH]N. The fourth-order valence-corrected chi connectivity index (χ4v) is 4.22. The molecule has 28 heavy (non-hydrogen) atoms. The van der Waals surface area contributed by atoms with E-state index in [9.17, 15) is 0 Å². The van der Waals surface area contributed by atoms with Crippen LogP contribution in [0, 0.1) is 6.54 Å². The maximum Gasteiger partial charge on any atom is 0.0192 e. The summed E-state index contributed by atoms with van der Waals surface area (Å²) in [6, 6.07) is 0. The normalized spacial score (nSPS) is 11.4. The highest BCUT2D eigenvalue weighted by Gasteiger charge is 1.96. The van der Waals surface area contributed by atoms with Crippen molar-refractivity contribution in [3.8, 4) is 0 Å². The fourth-order valence-electron chi connectivity index (χ4n) is 4.22. The van der Waals surface area contributed by atoms with E-state index in [1.165, 1.54) is 154 Å². The Bertz CT molecular complexity index is 225. The van der Waals surface area contributed by atoms with Crippen LogP contribution >= 0.6 is 0 Å². The fraction of sp³-hybridized carbons (Fsp3) is 0.963. The Labute approximate surface area is 180 Å². The van der Waals surface area contributed by atoms with Crippen LogP contribution in [0.3, 0.4) is 0 Å². The van der Waals surface area contributed by atoms with E-state index in [0.717, 1.165) is 6.42 Å². The van der Waals surface area contributed by atoms with E-state index in [0.29, 0.717) is 0 Å². The van der Waals surface area contributed by atoms with Crippen LogP contribution in [0.15, 0.2) is 0 Å². The maximum absolute atomic E-state index is 5.40. The van der Waals surface area contributed by atoms with E-state index >= 15 is 0 Å². The van der Waals surface area contributed by atoms with Crippen molar-refractivity contribution < 1.29 is 0 Å². The van der Waals surface area contributed by atoms with Gasteiger partial charge in [-0.25, -0.2) is 0 Å². The van der Waals surface area contributed by atoms with Gasteiger partial charge in [-0.05, 0) is 6.42 Å². The van der Waals surface area contributed by atoms with E-state index in [2.05, 4.69) is 6.92 Å². The molecule has 0 saturated heterocycles. The summed E-state index contributed by atoms with van der Waals surface area (Å²) in [4.78, 5) is 0. The van der Waals surface area contributed by atoms with Crippen LogP contribution in [-0.2, 0) is 0 Å². The Kier molecular flexibility index (Phi) is 26.9. The lowest BCUT2D eigenvalue weighted by Gasteiger charge is -2.04. The van der Waals surface area contributed by atoms with Crippen molar-refractivity contribution in [3.05, 3.63) is 6.54 Å². The first kappa shape index (κ1) is 28.0. The van der Waals surface area contributed by atoms with E-state index in [1.807, 2.05) is 0 Å². The van der Waals surface area contributed by atoms with Gasteiger partial charge in [-0.1, -0.05) is 161 Å². The summed E-state index contributed by atoms with van der Waals surface area (Å²) < 4.78 is 0. The van der Waals surface area contributed by atoms with Gasteiger partial charge >= 0.3 is 0 Å². The second-order valence-electron chi connectivity index (χ2n) is 9.16. The molecule has 0 aliphatic carbocycles. The van der Waals surface area contributed by atoms with Gasteiger partial charge in [0.05, 0.1) is 0 Å². The molecule has 0 amide bonds. The average Bonchev–Trinajstić information content (AvgIpc) is 2.71. The quantitative estimate of drug-likeness (QED) is 0.153. The molecule has 1 heteroatoms. The summed E-state index contributed by atoms with van der Waals surface area (Å²) in [5, 5.41) is 0. The van der Waals surface area contributed by atoms with Gasteiger partial charge in [0, 0.05) is 6.54 Å². The molecule has 0 aliphatic rings. The summed E-state index contributed by atoms with van der Waals surface area (Å²) in [6.45, 7) is 4.10. The summed E-state index contributed by atoms with van der Waals surface area (Å²) in [6.07, 6.45) is 36.0. The molecular weight excluding hydrogens is 338 g/mol. The molecule has 0 aliphatic heterocycles. The van der Waals surface area contributed by atoms with Gasteiger partial charge in [-0.2, -0.15) is 0 Å². The van der Waals surface area contributed by atoms with Crippen LogP contribution in [0.25, 0.3) is 0 Å². The number of rotatable bonds is 25. The first-order valence-electron chi connectivity index (χ1n) is 13.4. The standard InChI is InChI=1S/C27H56N/c1-2-3-4-5-6-7-8-9-10-11-12-13-14-15-16-17-18-19-20-21-22-23-24-25-26-27-28/h27H,2-26,28H2,1H3. The predicted octanol–water partition coefficient (Wildman–Crippen LogP) is 9.88. The molecule has 0 saturated carbocycles. The molecule has 0 rings (SSSR count). The first-order valence-corrected chi connectivity index (χ1v) is 13.4. The first-order chi connectivity index (χ1) is 13.9. The zero-order chi connectivity index (χ0) is 20.4. The number of hydrogen-bond acceptors (Lipinski definition) is 1. The molecule has 0 fully saturated rings. The van der Waals surface area contributed by atoms with E-state index in [4.69, 9.17) is 5.73 Å². The van der Waals surface area contributed by atoms with Crippen molar-refractivity contribution in [3.63, 3.8) is 0 Å². The minimum absolute atomic E-state index is 1.10. The van der Waals surface area contributed by atoms with Gasteiger partial charge in [-0.3, -0.25) is 0 Å². The Hall–Kier alpha value is -0.0400. The third-order valence-electron chi connectivity index (χ3n) is 6.22. The van der Waals surface area contributed by atoms with Crippen LogP contribution < -0.4 is 5.73 Å². The van der Waals surface area contributed by atoms with Crippen molar-refractivity contribution in [2.45, 2.75) is 167 Å². The van der Waals surface area contributed by atoms with Gasteiger partial charge in [0.25, 0.3) is 0 Å². The van der Waals surface area contributed by atoms with Crippen molar-refractivity contribution in [1.29, 1.82) is 0 Å². The number of nitrogens with two attached hydrogens (primary N) is 1. The highest BCUT2D eigenvalue weighted by Crippen LogP contribution is 2.15. The van der Waals surface area contributed by atoms with Crippen molar-refractivity contribution in [2.24, 2.45) is 5.73 Å². The third-order valence-corrected chi connectivity index (χ3v) is 6.22. The molecule has 1 radical (unpaired) electrons. The highest BCUT2D eigenvalue weighted by molar-refractivity contribution is 4.54. The van der Waals surface area contributed by atoms with Crippen LogP contribution in [-0.4, -0.2) is 0 Å². The molecule has 0 atom stereocenters. The average molecular weight is 395 g/mol. The topological polar surface area (TPSA) is 26.0 Å². The molecule has 0 spiro atoms. The van der Waals surface area contributed by atoms with Gasteiger partial charge in [0.1, 0.15) is 0 Å². The van der Waals surface area contributed by atoms with Crippen LogP contribution in [0.1, 0.15) is 167 Å². The van der Waals surface area contributed by atoms with Gasteiger partial charge in [0.15, 0.2) is 0 Å². The molecular formula is C27H56N.